The molecule has 3 rings (SSSR count). The Balaban J connectivity index is 1.96. The number of aromatic nitrogens is 2. The first-order chi connectivity index (χ1) is 12.9. The van der Waals surface area contributed by atoms with E-state index >= 15 is 0 Å². The Bertz CT molecular complexity index is 792. The lowest BCUT2D eigenvalue weighted by atomic mass is 9.82. The van der Waals surface area contributed by atoms with Crippen molar-refractivity contribution in [3.05, 3.63) is 23.0 Å². The molecule has 0 bridgehead atoms. The summed E-state index contributed by atoms with van der Waals surface area (Å²) in [6.07, 6.45) is 3.85. The molecule has 1 N–H and O–H groups in total. The summed E-state index contributed by atoms with van der Waals surface area (Å²) in [7, 11) is 0. The number of anilines is 1. The number of carbonyl (C=O) groups excluding carboxylic acids is 1. The van der Waals surface area contributed by atoms with Crippen molar-refractivity contribution in [1.82, 2.24) is 9.78 Å². The second-order valence-corrected chi connectivity index (χ2v) is 8.15. The third-order valence-corrected chi connectivity index (χ3v) is 5.65. The molecule has 146 valence electrons. The molecular formula is C19H25N3O4S. The third kappa shape index (κ3) is 4.32. The lowest BCUT2D eigenvalue weighted by molar-refractivity contribution is -0.124. The summed E-state index contributed by atoms with van der Waals surface area (Å²) >= 11 is 1.51. The van der Waals surface area contributed by atoms with Crippen LogP contribution >= 0.6 is 11.3 Å². The fourth-order valence-electron chi connectivity index (χ4n) is 3.51. The Labute approximate surface area is 162 Å². The molecule has 1 aliphatic rings. The van der Waals surface area contributed by atoms with E-state index in [4.69, 9.17) is 9.84 Å². The SMILES string of the molecule is CC1CCC(C(=O)N(c2nn(-c3ccsc3)cc2OC(=O)O)C(C)C)CC1. The zero-order valence-electron chi connectivity index (χ0n) is 15.8. The average Bonchev–Trinajstić information content (AvgIpc) is 3.25. The minimum atomic E-state index is -1.43. The predicted molar refractivity (Wildman–Crippen MR) is 104 cm³/mol. The summed E-state index contributed by atoms with van der Waals surface area (Å²) in [6.45, 7) is 6.01. The van der Waals surface area contributed by atoms with Gasteiger partial charge >= 0.3 is 6.16 Å². The average molecular weight is 391 g/mol. The quantitative estimate of drug-likeness (QED) is 0.755. The first kappa shape index (κ1) is 19.4. The largest absolute Gasteiger partial charge is 0.511 e. The standard InChI is InChI=1S/C19H25N3O4S/c1-12(2)22(18(23)14-6-4-13(3)5-7-14)17-16(26-19(24)25)10-21(20-17)15-8-9-27-11-15/h8-14H,4-7H2,1-3H3,(H,24,25). The Hall–Kier alpha value is -2.35. The highest BCUT2D eigenvalue weighted by atomic mass is 32.1. The number of hydrogen-bond acceptors (Lipinski definition) is 5. The monoisotopic (exact) mass is 391 g/mol. The highest BCUT2D eigenvalue weighted by Crippen LogP contribution is 2.35. The van der Waals surface area contributed by atoms with Crippen LogP contribution in [0.5, 0.6) is 5.75 Å². The van der Waals surface area contributed by atoms with E-state index < -0.39 is 6.16 Å². The molecule has 7 nitrogen and oxygen atoms in total. The fraction of sp³-hybridized carbons (Fsp3) is 0.526. The summed E-state index contributed by atoms with van der Waals surface area (Å²) in [4.78, 5) is 26.0. The van der Waals surface area contributed by atoms with Gasteiger partial charge in [0.2, 0.25) is 11.7 Å². The summed E-state index contributed by atoms with van der Waals surface area (Å²) in [5.74, 6) is 0.891. The van der Waals surface area contributed by atoms with Gasteiger partial charge in [-0.25, -0.2) is 9.48 Å². The van der Waals surface area contributed by atoms with E-state index in [9.17, 15) is 9.59 Å². The Morgan fingerprint density at radius 2 is 2.04 bits per heavy atom. The van der Waals surface area contributed by atoms with Crippen LogP contribution in [0.25, 0.3) is 5.69 Å². The molecule has 27 heavy (non-hydrogen) atoms. The van der Waals surface area contributed by atoms with Crippen LogP contribution in [0.2, 0.25) is 0 Å². The lowest BCUT2D eigenvalue weighted by Gasteiger charge is -2.32. The molecule has 0 aromatic carbocycles. The van der Waals surface area contributed by atoms with Crippen molar-refractivity contribution in [2.75, 3.05) is 4.90 Å². The van der Waals surface area contributed by atoms with Gasteiger partial charge in [0, 0.05) is 17.3 Å². The van der Waals surface area contributed by atoms with Crippen molar-refractivity contribution in [2.24, 2.45) is 11.8 Å². The summed E-state index contributed by atoms with van der Waals surface area (Å²) < 4.78 is 6.50. The minimum absolute atomic E-state index is 0.0114. The van der Waals surface area contributed by atoms with E-state index in [1.807, 2.05) is 30.7 Å². The van der Waals surface area contributed by atoms with Crippen molar-refractivity contribution >= 4 is 29.2 Å². The number of amides is 1. The maximum absolute atomic E-state index is 13.3. The van der Waals surface area contributed by atoms with Crippen molar-refractivity contribution < 1.29 is 19.4 Å². The first-order valence-corrected chi connectivity index (χ1v) is 10.2. The number of ether oxygens (including phenoxy) is 1. The summed E-state index contributed by atoms with van der Waals surface area (Å²) in [5.41, 5.74) is 0.795. The van der Waals surface area contributed by atoms with Crippen LogP contribution in [0.15, 0.2) is 23.0 Å². The zero-order chi connectivity index (χ0) is 19.6. The molecule has 0 spiro atoms. The van der Waals surface area contributed by atoms with Crippen molar-refractivity contribution in [2.45, 2.75) is 52.5 Å². The lowest BCUT2D eigenvalue weighted by Crippen LogP contribution is -2.42. The van der Waals surface area contributed by atoms with Crippen molar-refractivity contribution in [3.63, 3.8) is 0 Å². The van der Waals surface area contributed by atoms with Crippen LogP contribution in [-0.2, 0) is 4.79 Å². The van der Waals surface area contributed by atoms with Crippen LogP contribution < -0.4 is 9.64 Å². The van der Waals surface area contributed by atoms with Crippen molar-refractivity contribution in [3.8, 4) is 11.4 Å². The van der Waals surface area contributed by atoms with E-state index in [-0.39, 0.29) is 29.4 Å². The summed E-state index contributed by atoms with van der Waals surface area (Å²) in [5, 5.41) is 17.4. The number of nitrogens with zero attached hydrogens (tertiary/aromatic N) is 3. The Kier molecular flexibility index (Phi) is 5.84. The maximum Gasteiger partial charge on any atom is 0.511 e. The second kappa shape index (κ2) is 8.12. The smallest absolute Gasteiger partial charge is 0.449 e. The van der Waals surface area contributed by atoms with Gasteiger partial charge in [0.25, 0.3) is 0 Å². The van der Waals surface area contributed by atoms with Gasteiger partial charge in [-0.05, 0) is 56.9 Å². The van der Waals surface area contributed by atoms with Gasteiger partial charge < -0.3 is 9.84 Å². The Morgan fingerprint density at radius 1 is 1.33 bits per heavy atom. The molecule has 8 heteroatoms. The third-order valence-electron chi connectivity index (χ3n) is 4.98. The molecule has 0 atom stereocenters. The van der Waals surface area contributed by atoms with Gasteiger partial charge in [-0.2, -0.15) is 11.3 Å². The van der Waals surface area contributed by atoms with Crippen molar-refractivity contribution in [1.29, 1.82) is 0 Å². The zero-order valence-corrected chi connectivity index (χ0v) is 16.6. The molecule has 2 heterocycles. The normalized spacial score (nSPS) is 19.9. The van der Waals surface area contributed by atoms with Crippen LogP contribution in [0.1, 0.15) is 46.5 Å². The molecule has 1 saturated carbocycles. The second-order valence-electron chi connectivity index (χ2n) is 7.37. The van der Waals surface area contributed by atoms with Gasteiger partial charge in [-0.1, -0.05) is 6.92 Å². The van der Waals surface area contributed by atoms with E-state index in [2.05, 4.69) is 12.0 Å². The van der Waals surface area contributed by atoms with Gasteiger partial charge in [-0.15, -0.1) is 5.10 Å². The first-order valence-electron chi connectivity index (χ1n) is 9.23. The molecule has 0 aliphatic heterocycles. The molecule has 0 radical (unpaired) electrons. The van der Waals surface area contributed by atoms with Crippen LogP contribution in [-0.4, -0.2) is 33.0 Å². The number of hydrogen-bond donors (Lipinski definition) is 1. The van der Waals surface area contributed by atoms with E-state index in [1.54, 1.807) is 9.58 Å². The molecular weight excluding hydrogens is 366 g/mol. The summed E-state index contributed by atoms with van der Waals surface area (Å²) in [6, 6.07) is 1.70. The highest BCUT2D eigenvalue weighted by Gasteiger charge is 2.34. The minimum Gasteiger partial charge on any atom is -0.449 e. The van der Waals surface area contributed by atoms with Gasteiger partial charge in [0.1, 0.15) is 0 Å². The van der Waals surface area contributed by atoms with Crippen LogP contribution in [0.3, 0.4) is 0 Å². The highest BCUT2D eigenvalue weighted by molar-refractivity contribution is 7.08. The van der Waals surface area contributed by atoms with E-state index in [1.165, 1.54) is 17.5 Å². The van der Waals surface area contributed by atoms with E-state index in [0.29, 0.717) is 5.92 Å². The van der Waals surface area contributed by atoms with Gasteiger partial charge in [0.15, 0.2) is 5.75 Å². The maximum atomic E-state index is 13.3. The van der Waals surface area contributed by atoms with Gasteiger partial charge in [-0.3, -0.25) is 9.69 Å². The number of rotatable bonds is 5. The molecule has 1 aliphatic carbocycles. The number of carboxylic acid groups (broad SMARTS) is 1. The molecule has 1 amide bonds. The molecule has 1 fully saturated rings. The van der Waals surface area contributed by atoms with E-state index in [0.717, 1.165) is 31.4 Å². The fourth-order valence-corrected chi connectivity index (χ4v) is 4.13. The van der Waals surface area contributed by atoms with Gasteiger partial charge in [0.05, 0.1) is 11.9 Å². The molecule has 2 aromatic rings. The Morgan fingerprint density at radius 3 is 2.59 bits per heavy atom. The molecule has 0 saturated heterocycles. The predicted octanol–water partition coefficient (Wildman–Crippen LogP) is 4.56. The number of carbonyl (C=O) groups is 2. The number of thiophene rings is 1. The topological polar surface area (TPSA) is 84.7 Å². The molecule has 0 unspecified atom stereocenters. The molecule has 2 aromatic heterocycles. The van der Waals surface area contributed by atoms with Crippen LogP contribution in [0, 0.1) is 11.8 Å². The van der Waals surface area contributed by atoms with Crippen LogP contribution in [0.4, 0.5) is 10.6 Å².